The van der Waals surface area contributed by atoms with Crippen LogP contribution < -0.4 is 5.32 Å². The zero-order valence-corrected chi connectivity index (χ0v) is 12.0. The molecule has 1 N–H and O–H groups in total. The quantitative estimate of drug-likeness (QED) is 0.862. The molecule has 0 aliphatic rings. The minimum atomic E-state index is 0.419. The number of rotatable bonds is 6. The highest BCUT2D eigenvalue weighted by molar-refractivity contribution is 5.21. The van der Waals surface area contributed by atoms with Crippen LogP contribution in [-0.4, -0.2) is 22.4 Å². The summed E-state index contributed by atoms with van der Waals surface area (Å²) in [5.74, 6) is 0.475. The average Bonchev–Trinajstić information content (AvgIpc) is 2.84. The molecule has 0 aliphatic heterocycles. The van der Waals surface area contributed by atoms with Gasteiger partial charge in [0.1, 0.15) is 0 Å². The monoisotopic (exact) mass is 257 g/mol. The van der Waals surface area contributed by atoms with Crippen molar-refractivity contribution in [3.05, 3.63) is 53.9 Å². The van der Waals surface area contributed by atoms with Crippen LogP contribution in [0.4, 0.5) is 0 Å². The molecule has 3 heteroatoms. The van der Waals surface area contributed by atoms with E-state index in [4.69, 9.17) is 0 Å². The first-order chi connectivity index (χ1) is 9.20. The second kappa shape index (κ2) is 6.53. The Bertz CT molecular complexity index is 490. The van der Waals surface area contributed by atoms with Crippen LogP contribution in [0.1, 0.15) is 31.0 Å². The highest BCUT2D eigenvalue weighted by Gasteiger charge is 2.19. The molecule has 1 heterocycles. The molecule has 1 aromatic heterocycles. The third kappa shape index (κ3) is 3.67. The fraction of sp³-hybridized carbons (Fsp3) is 0.438. The molecule has 2 unspecified atom stereocenters. The number of hydrogen-bond donors (Lipinski definition) is 1. The van der Waals surface area contributed by atoms with E-state index >= 15 is 0 Å². The van der Waals surface area contributed by atoms with Gasteiger partial charge in [-0.2, -0.15) is 5.10 Å². The Kier molecular flexibility index (Phi) is 4.74. The molecule has 102 valence electrons. The van der Waals surface area contributed by atoms with Crippen molar-refractivity contribution in [1.29, 1.82) is 0 Å². The Morgan fingerprint density at radius 1 is 1.21 bits per heavy atom. The van der Waals surface area contributed by atoms with Crippen molar-refractivity contribution in [3.8, 4) is 0 Å². The number of nitrogens with zero attached hydrogens (tertiary/aromatic N) is 2. The second-order valence-corrected chi connectivity index (χ2v) is 5.05. The van der Waals surface area contributed by atoms with Gasteiger partial charge in [0.2, 0.25) is 0 Å². The summed E-state index contributed by atoms with van der Waals surface area (Å²) in [6.07, 6.45) is 2.97. The van der Waals surface area contributed by atoms with Gasteiger partial charge in [-0.1, -0.05) is 44.2 Å². The van der Waals surface area contributed by atoms with Gasteiger partial charge in [-0.05, 0) is 24.1 Å². The fourth-order valence-electron chi connectivity index (χ4n) is 2.47. The van der Waals surface area contributed by atoms with Crippen molar-refractivity contribution >= 4 is 0 Å². The molecular weight excluding hydrogens is 234 g/mol. The van der Waals surface area contributed by atoms with Crippen LogP contribution >= 0.6 is 0 Å². The van der Waals surface area contributed by atoms with Crippen LogP contribution in [0.15, 0.2) is 42.6 Å². The van der Waals surface area contributed by atoms with E-state index in [-0.39, 0.29) is 0 Å². The van der Waals surface area contributed by atoms with E-state index < -0.39 is 0 Å². The largest absolute Gasteiger partial charge is 0.313 e. The standard InChI is InChI=1S/C16H23N3/c1-4-17-16(12-15-10-11-19(3)18-15)13(2)14-8-6-5-7-9-14/h5-11,13,16-17H,4,12H2,1-3H3. The maximum Gasteiger partial charge on any atom is 0.0640 e. The first kappa shape index (κ1) is 13.8. The molecule has 0 spiro atoms. The van der Waals surface area contributed by atoms with Crippen LogP contribution in [-0.2, 0) is 13.5 Å². The molecule has 1 aromatic carbocycles. The Hall–Kier alpha value is -1.61. The molecule has 0 bridgehead atoms. The highest BCUT2D eigenvalue weighted by atomic mass is 15.2. The number of likely N-dealkylation sites (N-methyl/N-ethyl adjacent to an activating group) is 1. The number of aromatic nitrogens is 2. The molecule has 0 radical (unpaired) electrons. The Balaban J connectivity index is 2.11. The first-order valence-electron chi connectivity index (χ1n) is 6.97. The van der Waals surface area contributed by atoms with Gasteiger partial charge in [0.05, 0.1) is 5.69 Å². The van der Waals surface area contributed by atoms with Gasteiger partial charge in [0.25, 0.3) is 0 Å². The molecule has 0 saturated heterocycles. The number of hydrogen-bond acceptors (Lipinski definition) is 2. The summed E-state index contributed by atoms with van der Waals surface area (Å²) < 4.78 is 1.87. The van der Waals surface area contributed by atoms with E-state index in [1.54, 1.807) is 0 Å². The minimum absolute atomic E-state index is 0.419. The summed E-state index contributed by atoms with van der Waals surface area (Å²) in [6.45, 7) is 5.42. The number of nitrogens with one attached hydrogen (secondary N) is 1. The number of benzene rings is 1. The fourth-order valence-corrected chi connectivity index (χ4v) is 2.47. The molecule has 3 nitrogen and oxygen atoms in total. The first-order valence-corrected chi connectivity index (χ1v) is 6.97. The molecule has 0 saturated carbocycles. The van der Waals surface area contributed by atoms with Gasteiger partial charge < -0.3 is 5.32 Å². The Labute approximate surface area is 115 Å². The zero-order valence-electron chi connectivity index (χ0n) is 12.0. The molecule has 2 aromatic rings. The van der Waals surface area contributed by atoms with Crippen LogP contribution in [0.2, 0.25) is 0 Å². The van der Waals surface area contributed by atoms with Crippen LogP contribution in [0.25, 0.3) is 0 Å². The lowest BCUT2D eigenvalue weighted by Gasteiger charge is -2.24. The smallest absolute Gasteiger partial charge is 0.0640 e. The summed E-state index contributed by atoms with van der Waals surface area (Å²) in [6, 6.07) is 13.2. The molecule has 19 heavy (non-hydrogen) atoms. The topological polar surface area (TPSA) is 29.9 Å². The lowest BCUT2D eigenvalue weighted by molar-refractivity contribution is 0.452. The lowest BCUT2D eigenvalue weighted by atomic mass is 9.90. The Morgan fingerprint density at radius 2 is 1.95 bits per heavy atom. The van der Waals surface area contributed by atoms with Crippen molar-refractivity contribution in [3.63, 3.8) is 0 Å². The van der Waals surface area contributed by atoms with Gasteiger partial charge in [0.15, 0.2) is 0 Å². The third-order valence-electron chi connectivity index (χ3n) is 3.59. The van der Waals surface area contributed by atoms with E-state index in [1.165, 1.54) is 5.56 Å². The molecule has 0 fully saturated rings. The minimum Gasteiger partial charge on any atom is -0.313 e. The summed E-state index contributed by atoms with van der Waals surface area (Å²) >= 11 is 0. The summed E-state index contributed by atoms with van der Waals surface area (Å²) in [7, 11) is 1.96. The Morgan fingerprint density at radius 3 is 2.53 bits per heavy atom. The van der Waals surface area contributed by atoms with Crippen molar-refractivity contribution in [1.82, 2.24) is 15.1 Å². The van der Waals surface area contributed by atoms with Gasteiger partial charge in [-0.15, -0.1) is 0 Å². The third-order valence-corrected chi connectivity index (χ3v) is 3.59. The van der Waals surface area contributed by atoms with Crippen LogP contribution in [0, 0.1) is 0 Å². The normalized spacial score (nSPS) is 14.3. The van der Waals surface area contributed by atoms with Gasteiger partial charge in [0, 0.05) is 25.7 Å². The summed E-state index contributed by atoms with van der Waals surface area (Å²) in [5, 5.41) is 8.07. The maximum absolute atomic E-state index is 4.49. The van der Waals surface area contributed by atoms with E-state index in [1.807, 2.05) is 17.9 Å². The molecule has 0 amide bonds. The van der Waals surface area contributed by atoms with Crippen molar-refractivity contribution in [2.24, 2.45) is 7.05 Å². The number of aryl methyl sites for hydroxylation is 1. The van der Waals surface area contributed by atoms with Gasteiger partial charge >= 0.3 is 0 Å². The summed E-state index contributed by atoms with van der Waals surface area (Å²) in [5.41, 5.74) is 2.53. The molecule has 0 aliphatic carbocycles. The average molecular weight is 257 g/mol. The molecule has 2 rings (SSSR count). The summed E-state index contributed by atoms with van der Waals surface area (Å²) in [4.78, 5) is 0. The lowest BCUT2D eigenvalue weighted by Crippen LogP contribution is -2.35. The SMILES string of the molecule is CCNC(Cc1ccn(C)n1)C(C)c1ccccc1. The van der Waals surface area contributed by atoms with Crippen LogP contribution in [0.5, 0.6) is 0 Å². The van der Waals surface area contributed by atoms with Crippen molar-refractivity contribution < 1.29 is 0 Å². The van der Waals surface area contributed by atoms with Crippen molar-refractivity contribution in [2.75, 3.05) is 6.54 Å². The predicted molar refractivity (Wildman–Crippen MR) is 79.2 cm³/mol. The van der Waals surface area contributed by atoms with Crippen LogP contribution in [0.3, 0.4) is 0 Å². The predicted octanol–water partition coefficient (Wildman–Crippen LogP) is 2.74. The van der Waals surface area contributed by atoms with E-state index in [0.717, 1.165) is 18.7 Å². The van der Waals surface area contributed by atoms with E-state index in [9.17, 15) is 0 Å². The second-order valence-electron chi connectivity index (χ2n) is 5.05. The van der Waals surface area contributed by atoms with Gasteiger partial charge in [-0.25, -0.2) is 0 Å². The highest BCUT2D eigenvalue weighted by Crippen LogP contribution is 2.21. The molecule has 2 atom stereocenters. The molecular formula is C16H23N3. The van der Waals surface area contributed by atoms with Gasteiger partial charge in [-0.3, -0.25) is 4.68 Å². The zero-order chi connectivity index (χ0) is 13.7. The van der Waals surface area contributed by atoms with E-state index in [2.05, 4.69) is 60.7 Å². The maximum atomic E-state index is 4.49. The van der Waals surface area contributed by atoms with Crippen molar-refractivity contribution in [2.45, 2.75) is 32.2 Å². The van der Waals surface area contributed by atoms with E-state index in [0.29, 0.717) is 12.0 Å².